The summed E-state index contributed by atoms with van der Waals surface area (Å²) in [5, 5.41) is 2.81. The maximum atomic E-state index is 15.8. The van der Waals surface area contributed by atoms with Gasteiger partial charge in [-0.1, -0.05) is 13.8 Å². The predicted molar refractivity (Wildman–Crippen MR) is 130 cm³/mol. The van der Waals surface area contributed by atoms with Gasteiger partial charge in [-0.05, 0) is 57.7 Å². The minimum absolute atomic E-state index is 0.0122. The molecule has 2 fully saturated rings. The molecule has 2 heterocycles. The van der Waals surface area contributed by atoms with E-state index in [2.05, 4.69) is 43.7 Å². The van der Waals surface area contributed by atoms with Crippen LogP contribution >= 0.6 is 0 Å². The van der Waals surface area contributed by atoms with Gasteiger partial charge < -0.3 is 19.9 Å². The molecule has 1 aliphatic heterocycles. The van der Waals surface area contributed by atoms with Crippen LogP contribution in [0.3, 0.4) is 0 Å². The predicted octanol–water partition coefficient (Wildman–Crippen LogP) is 4.03. The minimum Gasteiger partial charge on any atom is -0.453 e. The lowest BCUT2D eigenvalue weighted by Gasteiger charge is -2.41. The number of ketones is 1. The highest BCUT2D eigenvalue weighted by molar-refractivity contribution is 6.00. The number of aromatic amines is 1. The third kappa shape index (κ3) is 4.50. The number of carbonyl (C=O) groups excluding carboxylic acids is 2. The van der Waals surface area contributed by atoms with Crippen LogP contribution in [-0.4, -0.2) is 72.1 Å². The summed E-state index contributed by atoms with van der Waals surface area (Å²) in [7, 11) is 1.34. The van der Waals surface area contributed by atoms with Crippen molar-refractivity contribution in [3.63, 3.8) is 0 Å². The molecule has 0 spiro atoms. The fourth-order valence-electron chi connectivity index (χ4n) is 5.48. The number of imidazole rings is 1. The minimum atomic E-state index is -0.610. The van der Waals surface area contributed by atoms with Gasteiger partial charge in [-0.25, -0.2) is 14.2 Å². The number of methoxy groups -OCH3 is 1. The molecule has 34 heavy (non-hydrogen) atoms. The number of halogens is 1. The summed E-state index contributed by atoms with van der Waals surface area (Å²) in [6.07, 6.45) is 2.13. The lowest BCUT2D eigenvalue weighted by molar-refractivity contribution is 0.0715. The van der Waals surface area contributed by atoms with E-state index in [1.54, 1.807) is 0 Å². The number of hydrogen-bond acceptors (Lipinski definition) is 6. The summed E-state index contributed by atoms with van der Waals surface area (Å²) < 4.78 is 20.5. The normalized spacial score (nSPS) is 26.0. The van der Waals surface area contributed by atoms with Crippen molar-refractivity contribution in [2.45, 2.75) is 65.5 Å². The molecule has 186 valence electrons. The van der Waals surface area contributed by atoms with Crippen LogP contribution in [0.1, 0.15) is 62.6 Å². The van der Waals surface area contributed by atoms with Crippen molar-refractivity contribution >= 4 is 28.6 Å². The number of likely N-dealkylation sites (N-methyl/N-ethyl adjacent to an activating group) is 1. The Hall–Kier alpha value is -2.68. The van der Waals surface area contributed by atoms with Gasteiger partial charge >= 0.3 is 6.09 Å². The van der Waals surface area contributed by atoms with Crippen molar-refractivity contribution in [2.75, 3.05) is 38.2 Å². The first-order valence-corrected chi connectivity index (χ1v) is 12.2. The average Bonchev–Trinajstić information content (AvgIpc) is 3.25. The number of aryl methyl sites for hydroxylation is 1. The van der Waals surface area contributed by atoms with Gasteiger partial charge in [0.1, 0.15) is 5.52 Å². The van der Waals surface area contributed by atoms with Gasteiger partial charge in [0.25, 0.3) is 0 Å². The SMILES string of the molecule is CCN1CCN(c2c(C)cc3[nH]c(C(=O)C4(C)CCC(NC(=O)OC)CC4)nc3c2F)[C@H](C)C1. The smallest absolute Gasteiger partial charge is 0.407 e. The number of nitrogens with one attached hydrogen (secondary N) is 2. The fourth-order valence-corrected chi connectivity index (χ4v) is 5.48. The Kier molecular flexibility index (Phi) is 6.85. The molecule has 2 aromatic rings. The Morgan fingerprint density at radius 1 is 1.32 bits per heavy atom. The van der Waals surface area contributed by atoms with Gasteiger partial charge in [-0.2, -0.15) is 0 Å². The van der Waals surface area contributed by atoms with Gasteiger partial charge in [-0.15, -0.1) is 0 Å². The maximum Gasteiger partial charge on any atom is 0.407 e. The number of ether oxygens (including phenoxy) is 1. The molecule has 1 aliphatic carbocycles. The second kappa shape index (κ2) is 9.52. The van der Waals surface area contributed by atoms with E-state index in [-0.39, 0.29) is 35.0 Å². The number of piperazine rings is 1. The van der Waals surface area contributed by atoms with E-state index in [0.29, 0.717) is 36.9 Å². The van der Waals surface area contributed by atoms with Crippen molar-refractivity contribution in [3.8, 4) is 0 Å². The highest BCUT2D eigenvalue weighted by Crippen LogP contribution is 2.39. The molecule has 2 N–H and O–H groups in total. The van der Waals surface area contributed by atoms with E-state index in [4.69, 9.17) is 0 Å². The van der Waals surface area contributed by atoms with Crippen LogP contribution < -0.4 is 10.2 Å². The largest absolute Gasteiger partial charge is 0.453 e. The van der Waals surface area contributed by atoms with E-state index < -0.39 is 11.5 Å². The molecule has 0 bridgehead atoms. The van der Waals surface area contributed by atoms with Crippen LogP contribution in [0.2, 0.25) is 0 Å². The second-order valence-electron chi connectivity index (χ2n) is 10.1. The molecule has 1 atom stereocenters. The number of benzene rings is 1. The number of alkyl carbamates (subject to hydrolysis) is 1. The summed E-state index contributed by atoms with van der Waals surface area (Å²) in [4.78, 5) is 37.0. The topological polar surface area (TPSA) is 90.6 Å². The number of nitrogens with zero attached hydrogens (tertiary/aromatic N) is 3. The number of Topliss-reactive ketones (excluding diaryl/α,β-unsaturated/α-hetero) is 1. The summed E-state index contributed by atoms with van der Waals surface area (Å²) >= 11 is 0. The van der Waals surface area contributed by atoms with E-state index in [1.807, 2.05) is 19.9 Å². The molecule has 1 saturated heterocycles. The molecule has 8 nitrogen and oxygen atoms in total. The summed E-state index contributed by atoms with van der Waals surface area (Å²) in [5.74, 6) is -0.266. The molecular formula is C25H36FN5O3. The molecule has 1 saturated carbocycles. The Morgan fingerprint density at radius 3 is 2.65 bits per heavy atom. The Balaban J connectivity index is 1.56. The summed E-state index contributed by atoms with van der Waals surface area (Å²) in [6.45, 7) is 11.6. The van der Waals surface area contributed by atoms with E-state index in [1.165, 1.54) is 7.11 Å². The number of carbonyl (C=O) groups is 2. The molecule has 2 aliphatic rings. The average molecular weight is 474 g/mol. The van der Waals surface area contributed by atoms with Gasteiger partial charge in [0.15, 0.2) is 11.6 Å². The Labute approximate surface area is 200 Å². The van der Waals surface area contributed by atoms with E-state index >= 15 is 4.39 Å². The highest BCUT2D eigenvalue weighted by Gasteiger charge is 2.40. The number of hydrogen-bond donors (Lipinski definition) is 2. The molecule has 1 amide bonds. The number of amides is 1. The molecule has 1 aromatic heterocycles. The summed E-state index contributed by atoms with van der Waals surface area (Å²) in [5.41, 5.74) is 1.58. The second-order valence-corrected chi connectivity index (χ2v) is 10.1. The van der Waals surface area contributed by atoms with Crippen LogP contribution in [0.25, 0.3) is 11.0 Å². The summed E-state index contributed by atoms with van der Waals surface area (Å²) in [6, 6.07) is 2.07. The van der Waals surface area contributed by atoms with E-state index in [0.717, 1.165) is 31.7 Å². The first-order chi connectivity index (χ1) is 16.2. The Bertz CT molecular complexity index is 1080. The number of fused-ring (bicyclic) bond motifs is 1. The Morgan fingerprint density at radius 2 is 2.03 bits per heavy atom. The number of rotatable bonds is 5. The van der Waals surface area contributed by atoms with Gasteiger partial charge in [0.05, 0.1) is 18.3 Å². The van der Waals surface area contributed by atoms with Crippen LogP contribution in [0, 0.1) is 18.2 Å². The number of anilines is 1. The first-order valence-electron chi connectivity index (χ1n) is 12.2. The highest BCUT2D eigenvalue weighted by atomic mass is 19.1. The van der Waals surface area contributed by atoms with Crippen molar-refractivity contribution in [1.82, 2.24) is 20.2 Å². The fraction of sp³-hybridized carbons (Fsp3) is 0.640. The van der Waals surface area contributed by atoms with Crippen LogP contribution in [0.4, 0.5) is 14.9 Å². The van der Waals surface area contributed by atoms with Crippen LogP contribution in [0.15, 0.2) is 6.07 Å². The zero-order chi connectivity index (χ0) is 24.6. The first kappa shape index (κ1) is 24.4. The molecule has 9 heteroatoms. The van der Waals surface area contributed by atoms with Crippen LogP contribution in [-0.2, 0) is 4.74 Å². The molecule has 1 aromatic carbocycles. The maximum absolute atomic E-state index is 15.8. The van der Waals surface area contributed by atoms with Crippen LogP contribution in [0.5, 0.6) is 0 Å². The molecule has 0 radical (unpaired) electrons. The molecular weight excluding hydrogens is 437 g/mol. The standard InChI is InChI=1S/C25H36FN5O3/c1-6-30-11-12-31(16(3)14-30)21-15(2)13-18-20(19(21)26)29-23(28-18)22(32)25(4)9-7-17(8-10-25)27-24(33)34-5/h13,16-17H,6-12,14H2,1-5H3,(H,27,33)(H,28,29)/t16-,17?,25?/m1/s1. The lowest BCUT2D eigenvalue weighted by atomic mass is 9.71. The van der Waals surface area contributed by atoms with Gasteiger partial charge in [-0.3, -0.25) is 9.69 Å². The monoisotopic (exact) mass is 473 g/mol. The van der Waals surface area contributed by atoms with Crippen molar-refractivity contribution in [3.05, 3.63) is 23.3 Å². The molecule has 0 unspecified atom stereocenters. The third-order valence-corrected chi connectivity index (χ3v) is 7.69. The van der Waals surface area contributed by atoms with Gasteiger partial charge in [0, 0.05) is 37.1 Å². The number of aromatic nitrogens is 2. The zero-order valence-corrected chi connectivity index (χ0v) is 20.8. The quantitative estimate of drug-likeness (QED) is 0.638. The third-order valence-electron chi connectivity index (χ3n) is 7.69. The van der Waals surface area contributed by atoms with E-state index in [9.17, 15) is 9.59 Å². The van der Waals surface area contributed by atoms with Crippen molar-refractivity contribution in [1.29, 1.82) is 0 Å². The molecule has 4 rings (SSSR count). The van der Waals surface area contributed by atoms with Crippen molar-refractivity contribution in [2.24, 2.45) is 5.41 Å². The zero-order valence-electron chi connectivity index (χ0n) is 20.8. The van der Waals surface area contributed by atoms with Crippen molar-refractivity contribution < 1.29 is 18.7 Å². The lowest BCUT2D eigenvalue weighted by Crippen LogP contribution is -2.52. The number of H-pyrrole nitrogens is 1. The van der Waals surface area contributed by atoms with Gasteiger partial charge in [0.2, 0.25) is 5.78 Å².